The quantitative estimate of drug-likeness (QED) is 0.163. The van der Waals surface area contributed by atoms with Gasteiger partial charge in [-0.05, 0) is 72.9 Å². The van der Waals surface area contributed by atoms with Crippen molar-refractivity contribution in [1.82, 2.24) is 9.97 Å². The Kier molecular flexibility index (Phi) is 9.72. The van der Waals surface area contributed by atoms with E-state index < -0.39 is 0 Å². The number of hydrogen-bond acceptors (Lipinski definition) is 2. The average Bonchev–Trinajstić information content (AvgIpc) is 3.29. The second-order valence-electron chi connectivity index (χ2n) is 15.5. The summed E-state index contributed by atoms with van der Waals surface area (Å²) in [6.45, 7) is 22.3. The normalized spacial score (nSPS) is 13.2. The number of fused-ring (bicyclic) bond motifs is 5. The molecule has 0 atom stereocenters. The van der Waals surface area contributed by atoms with Crippen LogP contribution in [0, 0.1) is 26.0 Å². The van der Waals surface area contributed by atoms with E-state index in [2.05, 4.69) is 165 Å². The van der Waals surface area contributed by atoms with E-state index in [4.69, 9.17) is 4.98 Å². The monoisotopic (exact) mass is 807 g/mol. The molecule has 0 saturated heterocycles. The fourth-order valence-corrected chi connectivity index (χ4v) is 6.66. The third kappa shape index (κ3) is 6.69. The summed E-state index contributed by atoms with van der Waals surface area (Å²) in [5, 5.41) is 2.61. The van der Waals surface area contributed by atoms with Crippen LogP contribution in [0.2, 0.25) is 0 Å². The summed E-state index contributed by atoms with van der Waals surface area (Å²) >= 11 is 0. The number of aromatic nitrogens is 2. The minimum Gasteiger partial charge on any atom is -0.305 e. The van der Waals surface area contributed by atoms with Crippen molar-refractivity contribution in [1.29, 1.82) is 0 Å². The van der Waals surface area contributed by atoms with Gasteiger partial charge in [0.2, 0.25) is 0 Å². The molecule has 0 saturated carbocycles. The van der Waals surface area contributed by atoms with E-state index in [9.17, 15) is 0 Å². The summed E-state index contributed by atoms with van der Waals surface area (Å²) in [6, 6.07) is 37.1. The standard InChI is InChI=1S/C26H22N.C19H24N.Ir/c1-16-9-10-19(15-17(16)2)25-24-21(13-14-27-25)23-20-8-6-5-7-18(20)11-12-22(23)26(24,3)4;1-18(2,3)15-9-7-8-14(12-15)17-13-16(10-11-20-17)19(4,5)6;/h5-9,11-15H,1-4H3;7,9-13H,1-6H3;/q2*-1;. The Bertz CT molecular complexity index is 2050. The van der Waals surface area contributed by atoms with E-state index in [-0.39, 0.29) is 36.4 Å². The van der Waals surface area contributed by atoms with E-state index in [0.29, 0.717) is 0 Å². The molecule has 48 heavy (non-hydrogen) atoms. The Morgan fingerprint density at radius 1 is 0.667 bits per heavy atom. The molecule has 0 spiro atoms. The Morgan fingerprint density at radius 2 is 1.35 bits per heavy atom. The van der Waals surface area contributed by atoms with Crippen LogP contribution < -0.4 is 0 Å². The number of hydrogen-bond donors (Lipinski definition) is 0. The van der Waals surface area contributed by atoms with Crippen LogP contribution in [-0.2, 0) is 36.4 Å². The fraction of sp³-hybridized carbons (Fsp3) is 0.289. The molecular weight excluding hydrogens is 761 g/mol. The van der Waals surface area contributed by atoms with Crippen LogP contribution in [0.25, 0.3) is 44.4 Å². The average molecular weight is 807 g/mol. The molecule has 0 aliphatic heterocycles. The van der Waals surface area contributed by atoms with Gasteiger partial charge in [0.1, 0.15) is 0 Å². The van der Waals surface area contributed by atoms with Crippen LogP contribution >= 0.6 is 0 Å². The summed E-state index contributed by atoms with van der Waals surface area (Å²) in [5.41, 5.74) is 14.9. The molecule has 4 aromatic carbocycles. The molecule has 3 heteroatoms. The summed E-state index contributed by atoms with van der Waals surface area (Å²) in [5.74, 6) is 0. The number of rotatable bonds is 2. The molecule has 1 aliphatic carbocycles. The molecule has 0 unspecified atom stereocenters. The second-order valence-corrected chi connectivity index (χ2v) is 15.5. The van der Waals surface area contributed by atoms with Crippen LogP contribution in [0.5, 0.6) is 0 Å². The van der Waals surface area contributed by atoms with Gasteiger partial charge in [0.15, 0.2) is 0 Å². The maximum Gasteiger partial charge on any atom is 0.0167 e. The molecule has 1 aliphatic rings. The Balaban J connectivity index is 0.000000193. The van der Waals surface area contributed by atoms with E-state index in [1.54, 1.807) is 0 Å². The summed E-state index contributed by atoms with van der Waals surface area (Å²) in [7, 11) is 0. The van der Waals surface area contributed by atoms with Crippen molar-refractivity contribution in [3.8, 4) is 33.6 Å². The van der Waals surface area contributed by atoms with Crippen LogP contribution in [0.4, 0.5) is 0 Å². The second kappa shape index (κ2) is 13.2. The first-order valence-electron chi connectivity index (χ1n) is 16.7. The third-order valence-electron chi connectivity index (χ3n) is 9.70. The zero-order valence-electron chi connectivity index (χ0n) is 30.0. The third-order valence-corrected chi connectivity index (χ3v) is 9.70. The minimum atomic E-state index is -0.0923. The Hall–Kier alpha value is -3.91. The molecule has 7 rings (SSSR count). The van der Waals surface area contributed by atoms with E-state index in [0.717, 1.165) is 22.5 Å². The number of aryl methyl sites for hydroxylation is 2. The van der Waals surface area contributed by atoms with E-state index in [1.807, 2.05) is 18.5 Å². The van der Waals surface area contributed by atoms with Gasteiger partial charge in [-0.1, -0.05) is 112 Å². The van der Waals surface area contributed by atoms with Gasteiger partial charge in [0, 0.05) is 37.9 Å². The van der Waals surface area contributed by atoms with Crippen molar-refractivity contribution in [2.45, 2.75) is 85.5 Å². The molecule has 2 nitrogen and oxygen atoms in total. The molecule has 247 valence electrons. The van der Waals surface area contributed by atoms with Gasteiger partial charge in [-0.2, -0.15) is 0 Å². The van der Waals surface area contributed by atoms with Gasteiger partial charge in [-0.25, -0.2) is 0 Å². The maximum atomic E-state index is 4.82. The van der Waals surface area contributed by atoms with Crippen LogP contribution in [-0.4, -0.2) is 9.97 Å². The molecule has 2 aromatic heterocycles. The van der Waals surface area contributed by atoms with Crippen molar-refractivity contribution in [3.63, 3.8) is 0 Å². The van der Waals surface area contributed by atoms with E-state index >= 15 is 0 Å². The zero-order valence-corrected chi connectivity index (χ0v) is 32.4. The molecule has 0 N–H and O–H groups in total. The van der Waals surface area contributed by atoms with Crippen molar-refractivity contribution < 1.29 is 20.1 Å². The minimum absolute atomic E-state index is 0. The summed E-state index contributed by atoms with van der Waals surface area (Å²) in [6.07, 6.45) is 3.84. The molecule has 0 bridgehead atoms. The Morgan fingerprint density at radius 3 is 2.06 bits per heavy atom. The van der Waals surface area contributed by atoms with Gasteiger partial charge in [0.05, 0.1) is 0 Å². The first kappa shape index (κ1) is 35.4. The maximum absolute atomic E-state index is 4.82. The first-order chi connectivity index (χ1) is 22.2. The summed E-state index contributed by atoms with van der Waals surface area (Å²) in [4.78, 5) is 9.33. The van der Waals surface area contributed by atoms with Gasteiger partial charge >= 0.3 is 0 Å². The van der Waals surface area contributed by atoms with Crippen LogP contribution in [0.15, 0.2) is 97.3 Å². The first-order valence-corrected chi connectivity index (χ1v) is 16.7. The SMILES string of the molecule is CC(C)(C)c1cc[c-]c(-c2cc(C(C)(C)C)ccn2)c1.Cc1c[c-]c(-c2nccc3c2C(C)(C)c2ccc4ccccc4c2-3)cc1C.[Ir]. The van der Waals surface area contributed by atoms with Crippen molar-refractivity contribution in [2.75, 3.05) is 0 Å². The van der Waals surface area contributed by atoms with Gasteiger partial charge in [-0.3, -0.25) is 0 Å². The molecule has 1 radical (unpaired) electrons. The number of pyridine rings is 2. The smallest absolute Gasteiger partial charge is 0.0167 e. The summed E-state index contributed by atoms with van der Waals surface area (Å²) < 4.78 is 0. The number of benzene rings is 4. The van der Waals surface area contributed by atoms with Crippen molar-refractivity contribution in [3.05, 3.63) is 143 Å². The van der Waals surface area contributed by atoms with Crippen molar-refractivity contribution in [2.24, 2.45) is 0 Å². The van der Waals surface area contributed by atoms with Crippen LogP contribution in [0.3, 0.4) is 0 Å². The fourth-order valence-electron chi connectivity index (χ4n) is 6.66. The molecule has 0 amide bonds. The molecule has 2 heterocycles. The molecular formula is C45H46IrN2-2. The predicted octanol–water partition coefficient (Wildman–Crippen LogP) is 11.8. The topological polar surface area (TPSA) is 25.8 Å². The molecule has 6 aromatic rings. The Labute approximate surface area is 301 Å². The van der Waals surface area contributed by atoms with Gasteiger partial charge in [0.25, 0.3) is 0 Å². The van der Waals surface area contributed by atoms with Crippen LogP contribution in [0.1, 0.15) is 88.8 Å². The van der Waals surface area contributed by atoms with Gasteiger partial charge < -0.3 is 9.97 Å². The largest absolute Gasteiger partial charge is 0.305 e. The van der Waals surface area contributed by atoms with E-state index in [1.165, 1.54) is 55.3 Å². The number of nitrogens with zero attached hydrogens (tertiary/aromatic N) is 2. The predicted molar refractivity (Wildman–Crippen MR) is 199 cm³/mol. The molecule has 0 fully saturated rings. The zero-order chi connectivity index (χ0) is 33.7. The van der Waals surface area contributed by atoms with Crippen molar-refractivity contribution >= 4 is 10.8 Å². The van der Waals surface area contributed by atoms with Gasteiger partial charge in [-0.15, -0.1) is 70.3 Å².